The maximum Gasteiger partial charge on any atom is 0.268 e. The molecule has 0 spiro atoms. The summed E-state index contributed by atoms with van der Waals surface area (Å²) >= 11 is 6.53. The maximum atomic E-state index is 12.8. The zero-order chi connectivity index (χ0) is 20.1. The molecular formula is C21H22ClN3O2. The van der Waals surface area contributed by atoms with E-state index >= 15 is 0 Å². The van der Waals surface area contributed by atoms with Gasteiger partial charge in [0.2, 0.25) is 0 Å². The minimum absolute atomic E-state index is 0.0266. The van der Waals surface area contributed by atoms with Crippen molar-refractivity contribution in [2.24, 2.45) is 5.73 Å². The van der Waals surface area contributed by atoms with Crippen LogP contribution in [0.15, 0.2) is 29.2 Å². The second kappa shape index (κ2) is 6.50. The van der Waals surface area contributed by atoms with Crippen LogP contribution >= 0.6 is 11.6 Å². The van der Waals surface area contributed by atoms with Gasteiger partial charge in [0.05, 0.1) is 16.6 Å². The zero-order valence-corrected chi connectivity index (χ0v) is 16.8. The molecule has 0 bridgehead atoms. The summed E-state index contributed by atoms with van der Waals surface area (Å²) in [5, 5.41) is 0.856. The van der Waals surface area contributed by atoms with Gasteiger partial charge in [-0.1, -0.05) is 38.4 Å². The first-order chi connectivity index (χ1) is 12.5. The van der Waals surface area contributed by atoms with Gasteiger partial charge in [0.1, 0.15) is 5.69 Å². The van der Waals surface area contributed by atoms with Crippen molar-refractivity contribution in [3.63, 3.8) is 0 Å². The van der Waals surface area contributed by atoms with Crippen LogP contribution in [0.4, 0.5) is 0 Å². The lowest BCUT2D eigenvalue weighted by Gasteiger charge is -2.22. The molecule has 0 unspecified atom stereocenters. The number of primary amides is 1. The Kier molecular flexibility index (Phi) is 4.60. The molecule has 0 aliphatic carbocycles. The van der Waals surface area contributed by atoms with Crippen LogP contribution in [0.25, 0.3) is 22.2 Å². The number of nitrogens with one attached hydrogen (secondary N) is 1. The van der Waals surface area contributed by atoms with Crippen molar-refractivity contribution in [3.05, 3.63) is 62.0 Å². The normalized spacial score (nSPS) is 11.8. The fraction of sp³-hybridized carbons (Fsp3) is 0.286. The molecular weight excluding hydrogens is 362 g/mol. The maximum absolute atomic E-state index is 12.8. The Hall–Kier alpha value is -2.66. The van der Waals surface area contributed by atoms with Crippen LogP contribution in [-0.2, 0) is 5.41 Å². The molecule has 1 amide bonds. The fourth-order valence-electron chi connectivity index (χ4n) is 3.26. The Morgan fingerprint density at radius 1 is 1.15 bits per heavy atom. The summed E-state index contributed by atoms with van der Waals surface area (Å²) in [5.41, 5.74) is 9.78. The Balaban J connectivity index is 2.31. The molecule has 0 radical (unpaired) electrons. The predicted molar refractivity (Wildman–Crippen MR) is 110 cm³/mol. The number of fused-ring (bicyclic) bond motifs is 1. The molecule has 0 aliphatic rings. The summed E-state index contributed by atoms with van der Waals surface area (Å²) in [6, 6.07) is 5.39. The number of carbonyl (C=O) groups excluding carboxylic acids is 1. The highest BCUT2D eigenvalue weighted by Gasteiger charge is 2.20. The Morgan fingerprint density at radius 3 is 2.41 bits per heavy atom. The van der Waals surface area contributed by atoms with Crippen molar-refractivity contribution in [2.75, 3.05) is 0 Å². The molecule has 5 nitrogen and oxygen atoms in total. The molecule has 6 heteroatoms. The molecule has 0 atom stereocenters. The number of hydrogen-bond donors (Lipinski definition) is 2. The highest BCUT2D eigenvalue weighted by Crippen LogP contribution is 2.35. The number of aryl methyl sites for hydroxylation is 2. The van der Waals surface area contributed by atoms with Crippen LogP contribution in [0, 0.1) is 13.8 Å². The minimum atomic E-state index is -0.730. The van der Waals surface area contributed by atoms with E-state index in [0.29, 0.717) is 16.2 Å². The van der Waals surface area contributed by atoms with Gasteiger partial charge in [-0.25, -0.2) is 4.98 Å². The van der Waals surface area contributed by atoms with Crippen LogP contribution in [-0.4, -0.2) is 15.9 Å². The number of halogens is 1. The van der Waals surface area contributed by atoms with Gasteiger partial charge in [0.15, 0.2) is 5.43 Å². The van der Waals surface area contributed by atoms with E-state index in [1.165, 1.54) is 12.3 Å². The number of H-pyrrole nitrogens is 1. The van der Waals surface area contributed by atoms with E-state index in [1.807, 2.05) is 19.9 Å². The van der Waals surface area contributed by atoms with Crippen LogP contribution in [0.3, 0.4) is 0 Å². The Morgan fingerprint density at radius 2 is 1.81 bits per heavy atom. The van der Waals surface area contributed by atoms with E-state index in [2.05, 4.69) is 36.8 Å². The van der Waals surface area contributed by atoms with E-state index in [0.717, 1.165) is 22.3 Å². The van der Waals surface area contributed by atoms with Gasteiger partial charge >= 0.3 is 0 Å². The lowest BCUT2D eigenvalue weighted by Crippen LogP contribution is -2.18. The quantitative estimate of drug-likeness (QED) is 0.693. The summed E-state index contributed by atoms with van der Waals surface area (Å²) in [5.74, 6) is -0.730. The summed E-state index contributed by atoms with van der Waals surface area (Å²) in [6.45, 7) is 10.1. The van der Waals surface area contributed by atoms with E-state index in [-0.39, 0.29) is 21.9 Å². The van der Waals surface area contributed by atoms with Gasteiger partial charge in [-0.05, 0) is 42.0 Å². The third kappa shape index (κ3) is 3.35. The number of benzene rings is 1. The molecule has 3 rings (SSSR count). The first-order valence-electron chi connectivity index (χ1n) is 8.64. The van der Waals surface area contributed by atoms with Crippen molar-refractivity contribution >= 4 is 28.4 Å². The fourth-order valence-corrected chi connectivity index (χ4v) is 3.71. The van der Waals surface area contributed by atoms with Crippen molar-refractivity contribution in [2.45, 2.75) is 40.0 Å². The number of amides is 1. The number of pyridine rings is 2. The van der Waals surface area contributed by atoms with Crippen LogP contribution < -0.4 is 11.2 Å². The van der Waals surface area contributed by atoms with Gasteiger partial charge < -0.3 is 10.7 Å². The number of nitrogens with zero attached hydrogens (tertiary/aromatic N) is 1. The summed E-state index contributed by atoms with van der Waals surface area (Å²) in [6.07, 6.45) is 1.53. The van der Waals surface area contributed by atoms with Crippen LogP contribution in [0.2, 0.25) is 5.02 Å². The number of rotatable bonds is 2. The topological polar surface area (TPSA) is 88.8 Å². The van der Waals surface area contributed by atoms with E-state index in [9.17, 15) is 9.59 Å². The molecule has 0 fully saturated rings. The molecule has 3 aromatic rings. The van der Waals surface area contributed by atoms with Crippen molar-refractivity contribution in [1.29, 1.82) is 0 Å². The van der Waals surface area contributed by atoms with Crippen molar-refractivity contribution in [3.8, 4) is 11.3 Å². The number of nitrogens with two attached hydrogens (primary N) is 1. The largest absolute Gasteiger partial charge is 0.364 e. The second-order valence-electron chi connectivity index (χ2n) is 7.85. The third-order valence-corrected chi connectivity index (χ3v) is 5.01. The third-order valence-electron chi connectivity index (χ3n) is 4.70. The molecule has 140 valence electrons. The van der Waals surface area contributed by atoms with E-state index < -0.39 is 5.91 Å². The average Bonchev–Trinajstić information content (AvgIpc) is 2.56. The lowest BCUT2D eigenvalue weighted by atomic mass is 9.85. The standard InChI is InChI=1S/C21H22ClN3O2/c1-10-6-13(21(3,4)5)14(22)7-12(10)15-8-16(26)17-18(25-15)11(2)9-24-19(17)20(23)27/h6-9H,1-5H3,(H2,23,27)(H,25,26). The first-order valence-corrected chi connectivity index (χ1v) is 9.02. The monoisotopic (exact) mass is 383 g/mol. The van der Waals surface area contributed by atoms with Crippen LogP contribution in [0.5, 0.6) is 0 Å². The van der Waals surface area contributed by atoms with Gasteiger partial charge in [-0.2, -0.15) is 0 Å². The second-order valence-corrected chi connectivity index (χ2v) is 8.26. The highest BCUT2D eigenvalue weighted by atomic mass is 35.5. The molecule has 0 aliphatic heterocycles. The summed E-state index contributed by atoms with van der Waals surface area (Å²) in [4.78, 5) is 31.7. The van der Waals surface area contributed by atoms with Gasteiger partial charge in [-0.15, -0.1) is 0 Å². The Labute approximate surface area is 162 Å². The first kappa shape index (κ1) is 19.1. The van der Waals surface area contributed by atoms with Gasteiger partial charge in [0.25, 0.3) is 5.91 Å². The van der Waals surface area contributed by atoms with Gasteiger partial charge in [-0.3, -0.25) is 9.59 Å². The number of carbonyl (C=O) groups is 1. The molecule has 0 saturated heterocycles. The smallest absolute Gasteiger partial charge is 0.268 e. The molecule has 2 heterocycles. The highest BCUT2D eigenvalue weighted by molar-refractivity contribution is 6.31. The van der Waals surface area contributed by atoms with E-state index in [1.54, 1.807) is 0 Å². The molecule has 3 N–H and O–H groups in total. The Bertz CT molecular complexity index is 1140. The van der Waals surface area contributed by atoms with Crippen molar-refractivity contribution in [1.82, 2.24) is 9.97 Å². The van der Waals surface area contributed by atoms with E-state index in [4.69, 9.17) is 17.3 Å². The number of aromatic nitrogens is 2. The zero-order valence-electron chi connectivity index (χ0n) is 16.0. The molecule has 0 saturated carbocycles. The van der Waals surface area contributed by atoms with Crippen LogP contribution in [0.1, 0.15) is 48.0 Å². The number of aromatic amines is 1. The van der Waals surface area contributed by atoms with Gasteiger partial charge in [0, 0.05) is 22.8 Å². The predicted octanol–water partition coefficient (Wildman–Crippen LogP) is 4.26. The SMILES string of the molecule is Cc1cc(C(C)(C)C)c(Cl)cc1-c1cc(=O)c2c(C(N)=O)ncc(C)c2[nH]1. The lowest BCUT2D eigenvalue weighted by molar-refractivity contribution is 0.0997. The summed E-state index contributed by atoms with van der Waals surface area (Å²) in [7, 11) is 0. The molecule has 2 aromatic heterocycles. The van der Waals surface area contributed by atoms with Crippen molar-refractivity contribution < 1.29 is 4.79 Å². The number of hydrogen-bond acceptors (Lipinski definition) is 3. The molecule has 27 heavy (non-hydrogen) atoms. The minimum Gasteiger partial charge on any atom is -0.364 e. The average molecular weight is 384 g/mol. The molecule has 1 aromatic carbocycles. The summed E-state index contributed by atoms with van der Waals surface area (Å²) < 4.78 is 0.